The van der Waals surface area contributed by atoms with Crippen LogP contribution in [0.5, 0.6) is 0 Å². The lowest BCUT2D eigenvalue weighted by atomic mass is 10.3. The van der Waals surface area contributed by atoms with Crippen LogP contribution in [0.15, 0.2) is 18.5 Å². The molecular weight excluding hydrogens is 222 g/mol. The molecule has 0 N–H and O–H groups in total. The first-order valence-electron chi connectivity index (χ1n) is 5.49. The molecule has 0 saturated carbocycles. The van der Waals surface area contributed by atoms with Gasteiger partial charge in [-0.25, -0.2) is 0 Å². The van der Waals surface area contributed by atoms with Crippen LogP contribution in [0, 0.1) is 0 Å². The average molecular weight is 239 g/mol. The average Bonchev–Trinajstić information content (AvgIpc) is 2.81. The molecule has 6 nitrogen and oxygen atoms in total. The van der Waals surface area contributed by atoms with Crippen LogP contribution in [0.3, 0.4) is 0 Å². The van der Waals surface area contributed by atoms with Crippen LogP contribution in [-0.2, 0) is 20.9 Å². The van der Waals surface area contributed by atoms with Crippen molar-refractivity contribution in [2.75, 3.05) is 20.2 Å². The Morgan fingerprint density at radius 2 is 2.24 bits per heavy atom. The first kappa shape index (κ1) is 13.2. The van der Waals surface area contributed by atoms with Crippen molar-refractivity contribution < 1.29 is 14.3 Å². The summed E-state index contributed by atoms with van der Waals surface area (Å²) in [5.41, 5.74) is 0. The van der Waals surface area contributed by atoms with Gasteiger partial charge in [0.25, 0.3) is 0 Å². The Bertz CT molecular complexity index is 362. The Hall–Kier alpha value is -1.85. The number of aromatic nitrogens is 2. The molecule has 94 valence electrons. The summed E-state index contributed by atoms with van der Waals surface area (Å²) < 4.78 is 6.09. The molecule has 0 atom stereocenters. The molecule has 17 heavy (non-hydrogen) atoms. The van der Waals surface area contributed by atoms with Crippen molar-refractivity contribution >= 4 is 11.9 Å². The van der Waals surface area contributed by atoms with Crippen LogP contribution >= 0.6 is 0 Å². The largest absolute Gasteiger partial charge is 0.468 e. The first-order chi connectivity index (χ1) is 8.17. The highest BCUT2D eigenvalue weighted by atomic mass is 16.5. The summed E-state index contributed by atoms with van der Waals surface area (Å²) in [5, 5.41) is 3.95. The van der Waals surface area contributed by atoms with E-state index in [1.165, 1.54) is 16.7 Å². The van der Waals surface area contributed by atoms with Gasteiger partial charge in [-0.05, 0) is 12.5 Å². The topological polar surface area (TPSA) is 64.4 Å². The molecule has 0 aliphatic rings. The second kappa shape index (κ2) is 6.67. The fourth-order valence-electron chi connectivity index (χ4n) is 1.41. The van der Waals surface area contributed by atoms with Crippen molar-refractivity contribution in [3.63, 3.8) is 0 Å². The molecule has 1 amide bonds. The van der Waals surface area contributed by atoms with Gasteiger partial charge in [-0.1, -0.05) is 6.92 Å². The van der Waals surface area contributed by atoms with Gasteiger partial charge in [0.15, 0.2) is 0 Å². The summed E-state index contributed by atoms with van der Waals surface area (Å²) in [6.07, 6.45) is 4.11. The molecule has 0 aromatic carbocycles. The quantitative estimate of drug-likeness (QED) is 0.669. The number of ether oxygens (including phenoxy) is 1. The predicted octanol–water partition coefficient (Wildman–Crippen LogP) is 0.295. The lowest BCUT2D eigenvalue weighted by molar-refractivity contribution is -0.147. The lowest BCUT2D eigenvalue weighted by Crippen LogP contribution is -2.38. The number of nitrogens with zero attached hydrogens (tertiary/aromatic N) is 3. The molecule has 0 aliphatic heterocycles. The van der Waals surface area contributed by atoms with Crippen molar-refractivity contribution in [3.05, 3.63) is 18.5 Å². The van der Waals surface area contributed by atoms with Crippen LogP contribution in [0.4, 0.5) is 0 Å². The Labute approximate surface area is 100 Å². The fourth-order valence-corrected chi connectivity index (χ4v) is 1.41. The number of hydrogen-bond acceptors (Lipinski definition) is 4. The van der Waals surface area contributed by atoms with E-state index < -0.39 is 5.97 Å². The first-order valence-corrected chi connectivity index (χ1v) is 5.49. The van der Waals surface area contributed by atoms with E-state index in [4.69, 9.17) is 0 Å². The highest BCUT2D eigenvalue weighted by Gasteiger charge is 2.16. The maximum absolute atomic E-state index is 11.9. The molecule has 0 saturated heterocycles. The number of amides is 1. The van der Waals surface area contributed by atoms with Gasteiger partial charge >= 0.3 is 5.97 Å². The van der Waals surface area contributed by atoms with Crippen LogP contribution in [0.1, 0.15) is 13.3 Å². The van der Waals surface area contributed by atoms with Gasteiger partial charge in [-0.15, -0.1) is 0 Å². The third-order valence-corrected chi connectivity index (χ3v) is 2.25. The SMILES string of the molecule is CCCN(CC(=O)OC)C(=O)Cn1cccn1. The summed E-state index contributed by atoms with van der Waals surface area (Å²) in [4.78, 5) is 24.6. The number of carbonyl (C=O) groups is 2. The summed E-state index contributed by atoms with van der Waals surface area (Å²) in [6, 6.07) is 1.75. The zero-order valence-corrected chi connectivity index (χ0v) is 10.1. The molecule has 6 heteroatoms. The normalized spacial score (nSPS) is 10.0. The zero-order chi connectivity index (χ0) is 12.7. The maximum Gasteiger partial charge on any atom is 0.325 e. The Morgan fingerprint density at radius 1 is 1.47 bits per heavy atom. The van der Waals surface area contributed by atoms with Crippen LogP contribution in [0.2, 0.25) is 0 Å². The van der Waals surface area contributed by atoms with Crippen LogP contribution in [0.25, 0.3) is 0 Å². The Kier molecular flexibility index (Phi) is 5.19. The van der Waals surface area contributed by atoms with Crippen molar-refractivity contribution in [3.8, 4) is 0 Å². The van der Waals surface area contributed by atoms with E-state index in [-0.39, 0.29) is 19.0 Å². The molecule has 1 rings (SSSR count). The van der Waals surface area contributed by atoms with E-state index in [1.54, 1.807) is 18.5 Å². The smallest absolute Gasteiger partial charge is 0.325 e. The number of carbonyl (C=O) groups excluding carboxylic acids is 2. The van der Waals surface area contributed by atoms with Gasteiger partial charge in [0.2, 0.25) is 5.91 Å². The Balaban J connectivity index is 2.56. The lowest BCUT2D eigenvalue weighted by Gasteiger charge is -2.20. The van der Waals surface area contributed by atoms with Crippen molar-refractivity contribution in [1.82, 2.24) is 14.7 Å². The fraction of sp³-hybridized carbons (Fsp3) is 0.545. The molecule has 0 spiro atoms. The molecule has 1 aromatic heterocycles. The van der Waals surface area contributed by atoms with Crippen molar-refractivity contribution in [1.29, 1.82) is 0 Å². The molecule has 0 unspecified atom stereocenters. The predicted molar refractivity (Wildman–Crippen MR) is 61.1 cm³/mol. The highest BCUT2D eigenvalue weighted by Crippen LogP contribution is 1.97. The van der Waals surface area contributed by atoms with Gasteiger partial charge in [0.1, 0.15) is 13.1 Å². The second-order valence-corrected chi connectivity index (χ2v) is 3.60. The monoisotopic (exact) mass is 239 g/mol. The third-order valence-electron chi connectivity index (χ3n) is 2.25. The van der Waals surface area contributed by atoms with Crippen molar-refractivity contribution in [2.45, 2.75) is 19.9 Å². The van der Waals surface area contributed by atoms with E-state index in [9.17, 15) is 9.59 Å². The van der Waals surface area contributed by atoms with Crippen LogP contribution < -0.4 is 0 Å². The van der Waals surface area contributed by atoms with Crippen molar-refractivity contribution in [2.24, 2.45) is 0 Å². The number of esters is 1. The Morgan fingerprint density at radius 3 is 2.76 bits per heavy atom. The highest BCUT2D eigenvalue weighted by molar-refractivity contribution is 5.81. The van der Waals surface area contributed by atoms with Gasteiger partial charge in [0, 0.05) is 18.9 Å². The molecule has 1 aromatic rings. The van der Waals surface area contributed by atoms with E-state index in [0.29, 0.717) is 6.54 Å². The van der Waals surface area contributed by atoms with Gasteiger partial charge < -0.3 is 9.64 Å². The second-order valence-electron chi connectivity index (χ2n) is 3.60. The number of methoxy groups -OCH3 is 1. The summed E-state index contributed by atoms with van der Waals surface area (Å²) in [7, 11) is 1.31. The zero-order valence-electron chi connectivity index (χ0n) is 10.1. The number of rotatable bonds is 6. The van der Waals surface area contributed by atoms with E-state index in [0.717, 1.165) is 6.42 Å². The standard InChI is InChI=1S/C11H17N3O3/c1-3-6-13(9-11(16)17-2)10(15)8-14-7-4-5-12-14/h4-5,7H,3,6,8-9H2,1-2H3. The van der Waals surface area contributed by atoms with Gasteiger partial charge in [0.05, 0.1) is 7.11 Å². The van der Waals surface area contributed by atoms with E-state index in [1.807, 2.05) is 6.92 Å². The molecule has 0 fully saturated rings. The number of hydrogen-bond donors (Lipinski definition) is 0. The minimum atomic E-state index is -0.410. The molecule has 1 heterocycles. The molecule has 0 radical (unpaired) electrons. The van der Waals surface area contributed by atoms with Crippen LogP contribution in [-0.4, -0.2) is 46.8 Å². The minimum absolute atomic E-state index is 0.00948. The maximum atomic E-state index is 11.9. The summed E-state index contributed by atoms with van der Waals surface area (Å²) >= 11 is 0. The molecule has 0 aliphatic carbocycles. The molecular formula is C11H17N3O3. The third kappa shape index (κ3) is 4.26. The minimum Gasteiger partial charge on any atom is -0.468 e. The van der Waals surface area contributed by atoms with E-state index in [2.05, 4.69) is 9.84 Å². The summed E-state index contributed by atoms with van der Waals surface area (Å²) in [5.74, 6) is -0.548. The summed E-state index contributed by atoms with van der Waals surface area (Å²) in [6.45, 7) is 2.62. The van der Waals surface area contributed by atoms with Gasteiger partial charge in [-0.2, -0.15) is 5.10 Å². The van der Waals surface area contributed by atoms with Gasteiger partial charge in [-0.3, -0.25) is 14.3 Å². The van der Waals surface area contributed by atoms with E-state index >= 15 is 0 Å². The molecule has 0 bridgehead atoms.